The highest BCUT2D eigenvalue weighted by atomic mass is 32.2. The maximum atomic E-state index is 4.27. The minimum absolute atomic E-state index is 0.738. The first-order chi connectivity index (χ1) is 7.90. The normalized spacial score (nSPS) is 24.8. The fourth-order valence-corrected chi connectivity index (χ4v) is 3.34. The van der Waals surface area contributed by atoms with E-state index in [1.165, 1.54) is 25.7 Å². The molecule has 3 nitrogen and oxygen atoms in total. The first-order valence-corrected chi connectivity index (χ1v) is 6.95. The van der Waals surface area contributed by atoms with Crippen molar-refractivity contribution < 1.29 is 0 Å². The molecular weight excluding hydrogens is 218 g/mol. The van der Waals surface area contributed by atoms with Crippen molar-refractivity contribution in [3.63, 3.8) is 0 Å². The van der Waals surface area contributed by atoms with Crippen LogP contribution in [-0.2, 0) is 0 Å². The Hall–Kier alpha value is -0.610. The lowest BCUT2D eigenvalue weighted by Crippen LogP contribution is -2.29. The van der Waals surface area contributed by atoms with E-state index in [-0.39, 0.29) is 0 Å². The monoisotopic (exact) mass is 237 g/mol. The Morgan fingerprint density at radius 1 is 1.44 bits per heavy atom. The van der Waals surface area contributed by atoms with E-state index in [1.807, 2.05) is 18.0 Å². The van der Waals surface area contributed by atoms with Gasteiger partial charge in [-0.25, -0.2) is 4.98 Å². The molecule has 0 spiro atoms. The molecule has 1 aromatic rings. The molecule has 1 N–H and O–H groups in total. The van der Waals surface area contributed by atoms with Gasteiger partial charge in [0.15, 0.2) is 0 Å². The molecule has 0 saturated heterocycles. The van der Waals surface area contributed by atoms with Crippen molar-refractivity contribution in [3.05, 3.63) is 18.6 Å². The standard InChI is InChI=1S/C12H19N3S/c1-13-11-4-2-3-10(11)5-8-16-12-9-14-6-7-15-12/h6-7,9-11,13H,2-5,8H2,1H3. The minimum atomic E-state index is 0.738. The van der Waals surface area contributed by atoms with Crippen molar-refractivity contribution in [2.45, 2.75) is 36.8 Å². The molecule has 88 valence electrons. The molecule has 0 aliphatic heterocycles. The maximum absolute atomic E-state index is 4.27. The molecule has 1 aliphatic carbocycles. The first kappa shape index (κ1) is 11.9. The van der Waals surface area contributed by atoms with Crippen LogP contribution in [0.15, 0.2) is 23.6 Å². The molecule has 16 heavy (non-hydrogen) atoms. The molecule has 1 saturated carbocycles. The number of rotatable bonds is 5. The van der Waals surface area contributed by atoms with Crippen LogP contribution in [0.5, 0.6) is 0 Å². The number of hydrogen-bond acceptors (Lipinski definition) is 4. The van der Waals surface area contributed by atoms with Gasteiger partial charge in [0, 0.05) is 18.4 Å². The summed E-state index contributed by atoms with van der Waals surface area (Å²) in [5.74, 6) is 2.01. The molecule has 1 fully saturated rings. The number of aromatic nitrogens is 2. The number of nitrogens with one attached hydrogen (secondary N) is 1. The van der Waals surface area contributed by atoms with Gasteiger partial charge in [-0.15, -0.1) is 11.8 Å². The summed E-state index contributed by atoms with van der Waals surface area (Å²) in [5, 5.41) is 4.47. The van der Waals surface area contributed by atoms with E-state index in [2.05, 4.69) is 22.3 Å². The van der Waals surface area contributed by atoms with E-state index in [4.69, 9.17) is 0 Å². The number of thioether (sulfide) groups is 1. The highest BCUT2D eigenvalue weighted by Gasteiger charge is 2.25. The van der Waals surface area contributed by atoms with Crippen molar-refractivity contribution in [1.29, 1.82) is 0 Å². The lowest BCUT2D eigenvalue weighted by atomic mass is 10.0. The van der Waals surface area contributed by atoms with Crippen molar-refractivity contribution in [2.75, 3.05) is 12.8 Å². The van der Waals surface area contributed by atoms with Crippen LogP contribution in [0, 0.1) is 5.92 Å². The third kappa shape index (κ3) is 3.19. The predicted octanol–water partition coefficient (Wildman–Crippen LogP) is 2.35. The third-order valence-electron chi connectivity index (χ3n) is 3.31. The van der Waals surface area contributed by atoms with Crippen LogP contribution in [0.1, 0.15) is 25.7 Å². The quantitative estimate of drug-likeness (QED) is 0.798. The summed E-state index contributed by atoms with van der Waals surface area (Å²) >= 11 is 1.82. The summed E-state index contributed by atoms with van der Waals surface area (Å²) in [6, 6.07) is 0.738. The molecule has 0 amide bonds. The van der Waals surface area contributed by atoms with Gasteiger partial charge in [-0.3, -0.25) is 4.98 Å². The van der Waals surface area contributed by atoms with Gasteiger partial charge in [0.1, 0.15) is 5.03 Å². The Morgan fingerprint density at radius 2 is 2.38 bits per heavy atom. The van der Waals surface area contributed by atoms with E-state index < -0.39 is 0 Å². The van der Waals surface area contributed by atoms with Gasteiger partial charge in [0.2, 0.25) is 0 Å². The minimum Gasteiger partial charge on any atom is -0.317 e. The van der Waals surface area contributed by atoms with Gasteiger partial charge in [-0.05, 0) is 38.0 Å². The van der Waals surface area contributed by atoms with Gasteiger partial charge in [-0.2, -0.15) is 0 Å². The Kier molecular flexibility index (Phi) is 4.60. The molecule has 2 rings (SSSR count). The Labute approximate surface area is 101 Å². The third-order valence-corrected chi connectivity index (χ3v) is 4.25. The van der Waals surface area contributed by atoms with E-state index in [9.17, 15) is 0 Å². The zero-order valence-electron chi connectivity index (χ0n) is 9.72. The molecule has 0 radical (unpaired) electrons. The van der Waals surface area contributed by atoms with Crippen LogP contribution in [-0.4, -0.2) is 28.8 Å². The summed E-state index contributed by atoms with van der Waals surface area (Å²) in [6.07, 6.45) is 10.7. The lowest BCUT2D eigenvalue weighted by molar-refractivity contribution is 0.417. The SMILES string of the molecule is CNC1CCCC1CCSc1cnccn1. The van der Waals surface area contributed by atoms with Crippen LogP contribution in [0.2, 0.25) is 0 Å². The number of nitrogens with zero attached hydrogens (tertiary/aromatic N) is 2. The van der Waals surface area contributed by atoms with Crippen molar-refractivity contribution in [2.24, 2.45) is 5.92 Å². The van der Waals surface area contributed by atoms with E-state index >= 15 is 0 Å². The largest absolute Gasteiger partial charge is 0.317 e. The van der Waals surface area contributed by atoms with Crippen molar-refractivity contribution >= 4 is 11.8 Å². The van der Waals surface area contributed by atoms with E-state index in [0.717, 1.165) is 22.7 Å². The molecule has 0 bridgehead atoms. The Morgan fingerprint density at radius 3 is 3.12 bits per heavy atom. The van der Waals surface area contributed by atoms with Crippen LogP contribution in [0.4, 0.5) is 0 Å². The highest BCUT2D eigenvalue weighted by Crippen LogP contribution is 2.30. The molecule has 2 atom stereocenters. The smallest absolute Gasteiger partial charge is 0.114 e. The fraction of sp³-hybridized carbons (Fsp3) is 0.667. The second-order valence-corrected chi connectivity index (χ2v) is 5.38. The molecule has 1 aliphatic rings. The van der Waals surface area contributed by atoms with Crippen LogP contribution in [0.3, 0.4) is 0 Å². The highest BCUT2D eigenvalue weighted by molar-refractivity contribution is 7.99. The van der Waals surface area contributed by atoms with Crippen molar-refractivity contribution in [3.8, 4) is 0 Å². The van der Waals surface area contributed by atoms with Crippen molar-refractivity contribution in [1.82, 2.24) is 15.3 Å². The summed E-state index contributed by atoms with van der Waals surface area (Å²) in [4.78, 5) is 8.34. The summed E-state index contributed by atoms with van der Waals surface area (Å²) in [7, 11) is 2.08. The summed E-state index contributed by atoms with van der Waals surface area (Å²) < 4.78 is 0. The maximum Gasteiger partial charge on any atom is 0.114 e. The van der Waals surface area contributed by atoms with E-state index in [1.54, 1.807) is 12.4 Å². The van der Waals surface area contributed by atoms with Crippen LogP contribution in [0.25, 0.3) is 0 Å². The number of hydrogen-bond donors (Lipinski definition) is 1. The lowest BCUT2D eigenvalue weighted by Gasteiger charge is -2.18. The average molecular weight is 237 g/mol. The summed E-state index contributed by atoms with van der Waals surface area (Å²) in [5.41, 5.74) is 0. The zero-order chi connectivity index (χ0) is 11.2. The zero-order valence-corrected chi connectivity index (χ0v) is 10.5. The van der Waals surface area contributed by atoms with Gasteiger partial charge >= 0.3 is 0 Å². The second-order valence-electron chi connectivity index (χ2n) is 4.27. The van der Waals surface area contributed by atoms with Crippen LogP contribution >= 0.6 is 11.8 Å². The molecule has 1 aromatic heterocycles. The second kappa shape index (κ2) is 6.21. The topological polar surface area (TPSA) is 37.8 Å². The van der Waals surface area contributed by atoms with Gasteiger partial charge in [-0.1, -0.05) is 6.42 Å². The predicted molar refractivity (Wildman–Crippen MR) is 67.6 cm³/mol. The van der Waals surface area contributed by atoms with Gasteiger partial charge in [0.25, 0.3) is 0 Å². The van der Waals surface area contributed by atoms with Crippen LogP contribution < -0.4 is 5.32 Å². The van der Waals surface area contributed by atoms with Gasteiger partial charge < -0.3 is 5.32 Å². The van der Waals surface area contributed by atoms with Gasteiger partial charge in [0.05, 0.1) is 6.20 Å². The Bertz CT molecular complexity index is 304. The average Bonchev–Trinajstić information content (AvgIpc) is 2.78. The fourth-order valence-electron chi connectivity index (χ4n) is 2.44. The molecule has 1 heterocycles. The molecular formula is C12H19N3S. The molecule has 4 heteroatoms. The summed E-state index contributed by atoms with van der Waals surface area (Å²) in [6.45, 7) is 0. The van der Waals surface area contributed by atoms with E-state index in [0.29, 0.717) is 0 Å². The first-order valence-electron chi connectivity index (χ1n) is 5.96. The Balaban J connectivity index is 1.72. The molecule has 0 aromatic carbocycles. The molecule has 2 unspecified atom stereocenters.